The Labute approximate surface area is 264 Å². The molecular formula is C33H36BrN5O5. The van der Waals surface area contributed by atoms with Gasteiger partial charge >= 0.3 is 0 Å². The zero-order valence-corrected chi connectivity index (χ0v) is 25.9. The summed E-state index contributed by atoms with van der Waals surface area (Å²) in [5, 5.41) is 27.2. The van der Waals surface area contributed by atoms with Crippen LogP contribution in [0.1, 0.15) is 61.3 Å². The first-order valence-electron chi connectivity index (χ1n) is 14.9. The smallest absolute Gasteiger partial charge is 0.252 e. The second-order valence-corrected chi connectivity index (χ2v) is 12.1. The summed E-state index contributed by atoms with van der Waals surface area (Å²) in [7, 11) is 0. The van der Waals surface area contributed by atoms with E-state index in [1.165, 1.54) is 0 Å². The predicted octanol–water partition coefficient (Wildman–Crippen LogP) is 6.46. The number of benzene rings is 3. The Morgan fingerprint density at radius 3 is 2.55 bits per heavy atom. The van der Waals surface area contributed by atoms with Gasteiger partial charge in [0.25, 0.3) is 5.91 Å². The molecule has 3 aromatic rings. The molecular weight excluding hydrogens is 626 g/mol. The van der Waals surface area contributed by atoms with Crippen molar-refractivity contribution in [2.75, 3.05) is 19.8 Å². The van der Waals surface area contributed by atoms with Crippen LogP contribution in [0.2, 0.25) is 0 Å². The van der Waals surface area contributed by atoms with E-state index in [2.05, 4.69) is 31.3 Å². The fraction of sp³-hybridized carbons (Fsp3) is 0.394. The quantitative estimate of drug-likeness (QED) is 0.0881. The highest BCUT2D eigenvalue weighted by Crippen LogP contribution is 2.45. The molecule has 2 atom stereocenters. The highest BCUT2D eigenvalue weighted by molar-refractivity contribution is 9.10. The number of hydrogen-bond donors (Lipinski definition) is 3. The molecule has 11 heteroatoms. The van der Waals surface area contributed by atoms with E-state index in [9.17, 15) is 15.4 Å². The Bertz CT molecular complexity index is 1540. The van der Waals surface area contributed by atoms with Crippen LogP contribution in [-0.4, -0.2) is 52.9 Å². The third-order valence-corrected chi connectivity index (χ3v) is 8.91. The summed E-state index contributed by atoms with van der Waals surface area (Å²) < 4.78 is 13.0. The first-order chi connectivity index (χ1) is 21.4. The average molecular weight is 663 g/mol. The van der Waals surface area contributed by atoms with E-state index in [1.54, 1.807) is 24.3 Å². The standard InChI is InChI=1S/C33H36BrN5O5/c34-27-11-4-3-10-26(27)29-33(21-24-9-2-5-12-28(24)38-39-35,31(41)36-22-32(42)17-6-1-7-18-32)37-30(44-29)23-13-15-25(16-14-23)43-20-8-19-40/h2-5,9-16,29,40,42H,1,6-8,17-22H2,(H,36,41)/t29-,33-/m1/s1. The number of aliphatic hydroxyl groups is 2. The van der Waals surface area contributed by atoms with E-state index in [-0.39, 0.29) is 25.5 Å². The number of carbonyl (C=O) groups excluding carboxylic acids is 1. The molecule has 5 rings (SSSR count). The number of nitrogens with one attached hydrogen (secondary N) is 1. The zero-order valence-electron chi connectivity index (χ0n) is 24.4. The number of nitrogens with zero attached hydrogens (tertiary/aromatic N) is 4. The number of carbonyl (C=O) groups is 1. The third kappa shape index (κ3) is 7.08. The average Bonchev–Trinajstić information content (AvgIpc) is 3.42. The van der Waals surface area contributed by atoms with Crippen LogP contribution in [0.25, 0.3) is 10.4 Å². The van der Waals surface area contributed by atoms with Crippen LogP contribution >= 0.6 is 15.9 Å². The molecule has 0 radical (unpaired) electrons. The van der Waals surface area contributed by atoms with E-state index in [0.29, 0.717) is 48.4 Å². The van der Waals surface area contributed by atoms with Crippen LogP contribution in [0.5, 0.6) is 5.75 Å². The minimum Gasteiger partial charge on any atom is -0.494 e. The van der Waals surface area contributed by atoms with Crippen LogP contribution in [0.4, 0.5) is 5.69 Å². The molecule has 0 unspecified atom stereocenters. The summed E-state index contributed by atoms with van der Waals surface area (Å²) >= 11 is 3.65. The molecule has 3 aromatic carbocycles. The monoisotopic (exact) mass is 661 g/mol. The third-order valence-electron chi connectivity index (χ3n) is 8.18. The number of azide groups is 1. The van der Waals surface area contributed by atoms with Gasteiger partial charge in [-0.2, -0.15) is 0 Å². The minimum absolute atomic E-state index is 0.0452. The van der Waals surface area contributed by atoms with Crippen molar-refractivity contribution in [3.8, 4) is 5.75 Å². The molecule has 230 valence electrons. The summed E-state index contributed by atoms with van der Waals surface area (Å²) in [5.74, 6) is 0.517. The van der Waals surface area contributed by atoms with E-state index >= 15 is 0 Å². The molecule has 10 nitrogen and oxygen atoms in total. The van der Waals surface area contributed by atoms with Crippen molar-refractivity contribution >= 4 is 33.4 Å². The summed E-state index contributed by atoms with van der Waals surface area (Å²) in [5.41, 5.74) is 9.16. The first kappa shape index (κ1) is 31.5. The van der Waals surface area contributed by atoms with Crippen LogP contribution in [0, 0.1) is 0 Å². The molecule has 1 heterocycles. The Morgan fingerprint density at radius 2 is 1.82 bits per heavy atom. The number of aliphatic imine (C=N–C) groups is 1. The Balaban J connectivity index is 1.59. The van der Waals surface area contributed by atoms with E-state index in [1.807, 2.05) is 48.5 Å². The second-order valence-electron chi connectivity index (χ2n) is 11.3. The van der Waals surface area contributed by atoms with Gasteiger partial charge in [0.15, 0.2) is 11.6 Å². The summed E-state index contributed by atoms with van der Waals surface area (Å²) in [6, 6.07) is 21.9. The maximum Gasteiger partial charge on any atom is 0.252 e. The topological polar surface area (TPSA) is 149 Å². The van der Waals surface area contributed by atoms with E-state index < -0.39 is 23.2 Å². The molecule has 0 aromatic heterocycles. The lowest BCUT2D eigenvalue weighted by Crippen LogP contribution is -2.54. The molecule has 1 aliphatic carbocycles. The molecule has 44 heavy (non-hydrogen) atoms. The lowest BCUT2D eigenvalue weighted by molar-refractivity contribution is -0.130. The Morgan fingerprint density at radius 1 is 1.09 bits per heavy atom. The molecule has 1 fully saturated rings. The number of amides is 1. The van der Waals surface area contributed by atoms with E-state index in [0.717, 1.165) is 29.3 Å². The number of ether oxygens (including phenoxy) is 2. The first-order valence-corrected chi connectivity index (χ1v) is 15.7. The molecule has 1 aliphatic heterocycles. The SMILES string of the molecule is [N-]=[N+]=Nc1ccccc1C[C@@]1(C(=O)NCC2(O)CCCCC2)N=C(c2ccc(OCCCO)cc2)O[C@@H]1c1ccccc1Br. The fourth-order valence-electron chi connectivity index (χ4n) is 5.83. The number of aliphatic hydroxyl groups excluding tert-OH is 1. The summed E-state index contributed by atoms with van der Waals surface area (Å²) in [4.78, 5) is 22.6. The fourth-order valence-corrected chi connectivity index (χ4v) is 6.32. The maximum absolute atomic E-state index is 14.5. The lowest BCUT2D eigenvalue weighted by atomic mass is 9.80. The molecule has 0 bridgehead atoms. The molecule has 1 saturated carbocycles. The van der Waals surface area contributed by atoms with Gasteiger partial charge in [0, 0.05) is 52.2 Å². The van der Waals surface area contributed by atoms with Gasteiger partial charge in [-0.25, -0.2) is 4.99 Å². The molecule has 1 amide bonds. The molecule has 3 N–H and O–H groups in total. The van der Waals surface area contributed by atoms with E-state index in [4.69, 9.17) is 19.6 Å². The van der Waals surface area contributed by atoms with Gasteiger partial charge in [-0.15, -0.1) is 0 Å². The van der Waals surface area contributed by atoms with Crippen LogP contribution < -0.4 is 10.1 Å². The highest BCUT2D eigenvalue weighted by Gasteiger charge is 2.54. The van der Waals surface area contributed by atoms with Crippen molar-refractivity contribution in [1.82, 2.24) is 5.32 Å². The maximum atomic E-state index is 14.5. The largest absolute Gasteiger partial charge is 0.494 e. The summed E-state index contributed by atoms with van der Waals surface area (Å²) in [6.45, 7) is 0.528. The number of hydrogen-bond acceptors (Lipinski definition) is 7. The minimum atomic E-state index is -1.51. The van der Waals surface area contributed by atoms with Crippen molar-refractivity contribution < 1.29 is 24.5 Å². The van der Waals surface area contributed by atoms with Crippen molar-refractivity contribution in [3.63, 3.8) is 0 Å². The molecule has 2 aliphatic rings. The lowest BCUT2D eigenvalue weighted by Gasteiger charge is -2.35. The summed E-state index contributed by atoms with van der Waals surface area (Å²) in [6.07, 6.45) is 3.85. The van der Waals surface area contributed by atoms with Crippen LogP contribution in [-0.2, 0) is 16.0 Å². The van der Waals surface area contributed by atoms with Crippen molar-refractivity contribution in [3.05, 3.63) is 104 Å². The van der Waals surface area contributed by atoms with Gasteiger partial charge < -0.3 is 25.0 Å². The van der Waals surface area contributed by atoms with Gasteiger partial charge in [0.2, 0.25) is 5.90 Å². The zero-order chi connectivity index (χ0) is 31.0. The second kappa shape index (κ2) is 14.3. The van der Waals surface area contributed by atoms with Gasteiger partial charge in [-0.3, -0.25) is 4.79 Å². The Hall–Kier alpha value is -3.89. The van der Waals surface area contributed by atoms with Crippen LogP contribution in [0.15, 0.2) is 87.4 Å². The molecule has 0 spiro atoms. The van der Waals surface area contributed by atoms with Gasteiger partial charge in [0.1, 0.15) is 5.75 Å². The highest BCUT2D eigenvalue weighted by atomic mass is 79.9. The number of halogens is 1. The van der Waals surface area contributed by atoms with Gasteiger partial charge in [0.05, 0.1) is 12.2 Å². The van der Waals surface area contributed by atoms with Crippen molar-refractivity contribution in [2.24, 2.45) is 10.1 Å². The number of rotatable bonds is 12. The van der Waals surface area contributed by atoms with Crippen molar-refractivity contribution in [2.45, 2.75) is 62.2 Å². The van der Waals surface area contributed by atoms with Crippen LogP contribution in [0.3, 0.4) is 0 Å². The predicted molar refractivity (Wildman–Crippen MR) is 171 cm³/mol. The van der Waals surface area contributed by atoms with Crippen molar-refractivity contribution in [1.29, 1.82) is 0 Å². The van der Waals surface area contributed by atoms with Gasteiger partial charge in [-0.05, 0) is 54.3 Å². The Kier molecular flexibility index (Phi) is 10.2. The normalized spacial score (nSPS) is 20.6. The van der Waals surface area contributed by atoms with Gasteiger partial charge in [-0.1, -0.05) is 82.8 Å². The molecule has 0 saturated heterocycles.